The smallest absolute Gasteiger partial charge is 0.00445 e. The topological polar surface area (TPSA) is 15.3 Å². The van der Waals surface area contributed by atoms with Crippen molar-refractivity contribution in [3.05, 3.63) is 0 Å². The largest absolute Gasteiger partial charge is 0.319 e. The number of nitrogens with zero attached hydrogens (tertiary/aromatic N) is 1. The molecule has 2 nitrogen and oxygen atoms in total. The molecule has 0 aromatic carbocycles. The van der Waals surface area contributed by atoms with Crippen LogP contribution in [0.15, 0.2) is 0 Å². The molecule has 0 saturated heterocycles. The van der Waals surface area contributed by atoms with Crippen LogP contribution in [0.25, 0.3) is 0 Å². The van der Waals surface area contributed by atoms with Crippen molar-refractivity contribution >= 4 is 0 Å². The molecule has 16 heavy (non-hydrogen) atoms. The lowest BCUT2D eigenvalue weighted by Crippen LogP contribution is -2.42. The minimum atomic E-state index is 0.446. The van der Waals surface area contributed by atoms with Crippen LogP contribution in [0.2, 0.25) is 0 Å². The first-order chi connectivity index (χ1) is 7.59. The third-order valence-corrected chi connectivity index (χ3v) is 3.90. The molecule has 0 bridgehead atoms. The SMILES string of the molecule is CCCC(C)(CNC)CN(C)CC1CCC1. The van der Waals surface area contributed by atoms with Crippen LogP contribution >= 0.6 is 0 Å². The van der Waals surface area contributed by atoms with Crippen molar-refractivity contribution in [1.29, 1.82) is 0 Å². The van der Waals surface area contributed by atoms with E-state index in [1.165, 1.54) is 45.2 Å². The molecule has 1 aliphatic carbocycles. The predicted octanol–water partition coefficient (Wildman–Crippen LogP) is 2.74. The Bertz CT molecular complexity index is 181. The van der Waals surface area contributed by atoms with Gasteiger partial charge in [-0.05, 0) is 44.7 Å². The Morgan fingerprint density at radius 1 is 1.38 bits per heavy atom. The normalized spacial score (nSPS) is 20.8. The maximum absolute atomic E-state index is 3.35. The van der Waals surface area contributed by atoms with Gasteiger partial charge >= 0.3 is 0 Å². The van der Waals surface area contributed by atoms with Gasteiger partial charge in [0.25, 0.3) is 0 Å². The fourth-order valence-corrected chi connectivity index (χ4v) is 3.09. The summed E-state index contributed by atoms with van der Waals surface area (Å²) in [5.41, 5.74) is 0.446. The third kappa shape index (κ3) is 4.42. The van der Waals surface area contributed by atoms with Crippen LogP contribution in [0.3, 0.4) is 0 Å². The highest BCUT2D eigenvalue weighted by Crippen LogP contribution is 2.29. The average Bonchev–Trinajstić information content (AvgIpc) is 2.12. The molecule has 1 atom stereocenters. The van der Waals surface area contributed by atoms with E-state index >= 15 is 0 Å². The fraction of sp³-hybridized carbons (Fsp3) is 1.00. The third-order valence-electron chi connectivity index (χ3n) is 3.90. The summed E-state index contributed by atoms with van der Waals surface area (Å²) in [4.78, 5) is 2.55. The highest BCUT2D eigenvalue weighted by molar-refractivity contribution is 4.81. The first-order valence-corrected chi connectivity index (χ1v) is 6.93. The molecule has 0 heterocycles. The summed E-state index contributed by atoms with van der Waals surface area (Å²) in [5, 5.41) is 3.35. The lowest BCUT2D eigenvalue weighted by Gasteiger charge is -2.37. The molecular formula is C14H30N2. The maximum Gasteiger partial charge on any atom is 0.00445 e. The van der Waals surface area contributed by atoms with Crippen molar-refractivity contribution in [3.63, 3.8) is 0 Å². The van der Waals surface area contributed by atoms with Crippen LogP contribution in [0, 0.1) is 11.3 Å². The minimum absolute atomic E-state index is 0.446. The van der Waals surface area contributed by atoms with E-state index in [1.54, 1.807) is 0 Å². The summed E-state index contributed by atoms with van der Waals surface area (Å²) < 4.78 is 0. The Kier molecular flexibility index (Phi) is 5.77. The summed E-state index contributed by atoms with van der Waals surface area (Å²) in [6, 6.07) is 0. The first kappa shape index (κ1) is 14.0. The van der Waals surface area contributed by atoms with Crippen LogP contribution in [0.4, 0.5) is 0 Å². The molecule has 0 radical (unpaired) electrons. The Labute approximate surface area is 102 Å². The molecule has 1 saturated carbocycles. The number of rotatable bonds is 8. The molecule has 0 aliphatic heterocycles. The second-order valence-corrected chi connectivity index (χ2v) is 6.08. The zero-order valence-corrected chi connectivity index (χ0v) is 11.7. The summed E-state index contributed by atoms with van der Waals surface area (Å²) in [6.07, 6.45) is 6.99. The number of nitrogens with one attached hydrogen (secondary N) is 1. The number of hydrogen-bond acceptors (Lipinski definition) is 2. The Morgan fingerprint density at radius 2 is 2.06 bits per heavy atom. The van der Waals surface area contributed by atoms with Gasteiger partial charge in [0.1, 0.15) is 0 Å². The van der Waals surface area contributed by atoms with Gasteiger partial charge in [0, 0.05) is 19.6 Å². The van der Waals surface area contributed by atoms with Crippen molar-refractivity contribution in [2.24, 2.45) is 11.3 Å². The van der Waals surface area contributed by atoms with E-state index in [1.807, 2.05) is 0 Å². The van der Waals surface area contributed by atoms with Crippen molar-refractivity contribution in [3.8, 4) is 0 Å². The van der Waals surface area contributed by atoms with Crippen LogP contribution in [-0.4, -0.2) is 38.6 Å². The van der Waals surface area contributed by atoms with Gasteiger partial charge in [0.05, 0.1) is 0 Å². The highest BCUT2D eigenvalue weighted by atomic mass is 15.1. The predicted molar refractivity (Wildman–Crippen MR) is 71.8 cm³/mol. The van der Waals surface area contributed by atoms with Gasteiger partial charge in [-0.15, -0.1) is 0 Å². The lowest BCUT2D eigenvalue weighted by molar-refractivity contribution is 0.136. The van der Waals surface area contributed by atoms with Crippen LogP contribution in [0.1, 0.15) is 46.0 Å². The fourth-order valence-electron chi connectivity index (χ4n) is 3.09. The monoisotopic (exact) mass is 226 g/mol. The molecule has 0 amide bonds. The molecule has 1 fully saturated rings. The Hall–Kier alpha value is -0.0800. The zero-order valence-electron chi connectivity index (χ0n) is 11.7. The van der Waals surface area contributed by atoms with Crippen LogP contribution in [0.5, 0.6) is 0 Å². The summed E-state index contributed by atoms with van der Waals surface area (Å²) in [7, 11) is 4.36. The molecule has 1 N–H and O–H groups in total. The van der Waals surface area contributed by atoms with E-state index in [4.69, 9.17) is 0 Å². The van der Waals surface area contributed by atoms with E-state index in [-0.39, 0.29) is 0 Å². The van der Waals surface area contributed by atoms with Gasteiger partial charge in [0.15, 0.2) is 0 Å². The Morgan fingerprint density at radius 3 is 2.50 bits per heavy atom. The van der Waals surface area contributed by atoms with Gasteiger partial charge in [-0.25, -0.2) is 0 Å². The summed E-state index contributed by atoms with van der Waals surface area (Å²) >= 11 is 0. The van der Waals surface area contributed by atoms with Crippen molar-refractivity contribution in [1.82, 2.24) is 10.2 Å². The molecule has 2 heteroatoms. The van der Waals surface area contributed by atoms with Crippen molar-refractivity contribution in [2.45, 2.75) is 46.0 Å². The molecular weight excluding hydrogens is 196 g/mol. The van der Waals surface area contributed by atoms with Crippen molar-refractivity contribution < 1.29 is 0 Å². The lowest BCUT2D eigenvalue weighted by atomic mass is 9.82. The highest BCUT2D eigenvalue weighted by Gasteiger charge is 2.26. The van der Waals surface area contributed by atoms with Gasteiger partial charge < -0.3 is 10.2 Å². The zero-order chi connectivity index (χ0) is 12.0. The van der Waals surface area contributed by atoms with E-state index in [0.717, 1.165) is 12.5 Å². The molecule has 96 valence electrons. The minimum Gasteiger partial charge on any atom is -0.319 e. The molecule has 0 aromatic rings. The standard InChI is InChI=1S/C14H30N2/c1-5-9-14(2,11-15-3)12-16(4)10-13-7-6-8-13/h13,15H,5-12H2,1-4H3. The second kappa shape index (κ2) is 6.61. The van der Waals surface area contributed by atoms with Gasteiger partial charge in [-0.1, -0.05) is 26.7 Å². The molecule has 1 unspecified atom stereocenters. The summed E-state index contributed by atoms with van der Waals surface area (Å²) in [5.74, 6) is 0.991. The molecule has 0 aromatic heterocycles. The molecule has 0 spiro atoms. The first-order valence-electron chi connectivity index (χ1n) is 6.93. The average molecular weight is 226 g/mol. The summed E-state index contributed by atoms with van der Waals surface area (Å²) in [6.45, 7) is 8.39. The van der Waals surface area contributed by atoms with Gasteiger partial charge in [0.2, 0.25) is 0 Å². The molecule has 1 rings (SSSR count). The van der Waals surface area contributed by atoms with Gasteiger partial charge in [-0.2, -0.15) is 0 Å². The maximum atomic E-state index is 3.35. The second-order valence-electron chi connectivity index (χ2n) is 6.08. The van der Waals surface area contributed by atoms with E-state index in [9.17, 15) is 0 Å². The van der Waals surface area contributed by atoms with Crippen LogP contribution < -0.4 is 5.32 Å². The quantitative estimate of drug-likeness (QED) is 0.684. The Balaban J connectivity index is 2.33. The van der Waals surface area contributed by atoms with Crippen LogP contribution in [-0.2, 0) is 0 Å². The number of hydrogen-bond donors (Lipinski definition) is 1. The van der Waals surface area contributed by atoms with Crippen molar-refractivity contribution in [2.75, 3.05) is 33.7 Å². The van der Waals surface area contributed by atoms with Gasteiger partial charge in [-0.3, -0.25) is 0 Å². The van der Waals surface area contributed by atoms with E-state index < -0.39 is 0 Å². The van der Waals surface area contributed by atoms with E-state index in [0.29, 0.717) is 5.41 Å². The van der Waals surface area contributed by atoms with E-state index in [2.05, 4.69) is 38.2 Å². The molecule has 1 aliphatic rings.